The van der Waals surface area contributed by atoms with Crippen molar-refractivity contribution in [3.8, 4) is 11.5 Å². The molecule has 3 aromatic carbocycles. The zero-order valence-corrected chi connectivity index (χ0v) is 17.7. The van der Waals surface area contributed by atoms with E-state index in [0.717, 1.165) is 28.6 Å². The zero-order valence-electron chi connectivity index (χ0n) is 17.0. The molecule has 0 saturated carbocycles. The van der Waals surface area contributed by atoms with Crippen LogP contribution in [0.3, 0.4) is 0 Å². The number of nitrogens with one attached hydrogen (secondary N) is 1. The van der Waals surface area contributed by atoms with Crippen LogP contribution in [0.25, 0.3) is 22.6 Å². The van der Waals surface area contributed by atoms with Crippen molar-refractivity contribution < 1.29 is 9.21 Å². The van der Waals surface area contributed by atoms with Crippen molar-refractivity contribution >= 4 is 34.3 Å². The summed E-state index contributed by atoms with van der Waals surface area (Å²) in [6.45, 7) is 4.37. The summed E-state index contributed by atoms with van der Waals surface area (Å²) >= 11 is 6.32. The summed E-state index contributed by atoms with van der Waals surface area (Å²) in [6, 6.07) is 21.1. The molecule has 4 nitrogen and oxygen atoms in total. The lowest BCUT2D eigenvalue weighted by atomic mass is 9.98. The summed E-state index contributed by atoms with van der Waals surface area (Å²) in [4.78, 5) is 17.1. The normalized spacial score (nSPS) is 12.1. The lowest BCUT2D eigenvalue weighted by molar-refractivity contribution is -0.115. The minimum atomic E-state index is -0.129. The Kier molecular flexibility index (Phi) is 5.86. The van der Waals surface area contributed by atoms with E-state index in [0.29, 0.717) is 22.5 Å². The number of oxazole rings is 1. The second-order valence-corrected chi connectivity index (χ2v) is 7.87. The molecular weight excluding hydrogens is 396 g/mol. The molecule has 0 unspecified atom stereocenters. The maximum atomic E-state index is 12.4. The van der Waals surface area contributed by atoms with Gasteiger partial charge in [-0.1, -0.05) is 61.8 Å². The van der Waals surface area contributed by atoms with Crippen LogP contribution in [0.5, 0.6) is 0 Å². The first-order valence-corrected chi connectivity index (χ1v) is 10.5. The molecule has 4 aromatic rings. The number of nitrogens with zero attached hydrogens (tertiary/aromatic N) is 1. The quantitative estimate of drug-likeness (QED) is 0.372. The number of carbonyl (C=O) groups excluding carboxylic acids is 1. The molecule has 1 atom stereocenters. The van der Waals surface area contributed by atoms with Gasteiger partial charge in [0.1, 0.15) is 5.52 Å². The van der Waals surface area contributed by atoms with Gasteiger partial charge in [-0.15, -0.1) is 0 Å². The van der Waals surface area contributed by atoms with Crippen LogP contribution in [-0.4, -0.2) is 10.9 Å². The number of anilines is 1. The van der Waals surface area contributed by atoms with Gasteiger partial charge in [-0.2, -0.15) is 0 Å². The van der Waals surface area contributed by atoms with Crippen LogP contribution in [-0.2, 0) is 11.2 Å². The molecule has 30 heavy (non-hydrogen) atoms. The lowest BCUT2D eigenvalue weighted by Crippen LogP contribution is -2.14. The van der Waals surface area contributed by atoms with E-state index in [4.69, 9.17) is 16.0 Å². The molecular formula is C25H23ClN2O2. The number of carbonyl (C=O) groups is 1. The fraction of sp³-hybridized carbons (Fsp3) is 0.200. The maximum Gasteiger partial charge on any atom is 0.228 e. The molecule has 0 aliphatic carbocycles. The molecule has 152 valence electrons. The van der Waals surface area contributed by atoms with Crippen LogP contribution >= 0.6 is 11.6 Å². The van der Waals surface area contributed by atoms with Gasteiger partial charge in [-0.25, -0.2) is 4.98 Å². The van der Waals surface area contributed by atoms with E-state index in [2.05, 4.69) is 36.3 Å². The third-order valence-electron chi connectivity index (χ3n) is 5.29. The van der Waals surface area contributed by atoms with E-state index in [1.54, 1.807) is 12.1 Å². The van der Waals surface area contributed by atoms with Crippen LogP contribution < -0.4 is 5.32 Å². The maximum absolute atomic E-state index is 12.4. The lowest BCUT2D eigenvalue weighted by Gasteiger charge is -2.08. The number of halogens is 1. The zero-order chi connectivity index (χ0) is 21.1. The monoisotopic (exact) mass is 418 g/mol. The number of hydrogen-bond acceptors (Lipinski definition) is 3. The molecule has 0 saturated heterocycles. The summed E-state index contributed by atoms with van der Waals surface area (Å²) in [6.07, 6.45) is 1.35. The average Bonchev–Trinajstić information content (AvgIpc) is 3.18. The van der Waals surface area contributed by atoms with E-state index in [9.17, 15) is 4.79 Å². The molecule has 0 radical (unpaired) electrons. The minimum Gasteiger partial charge on any atom is -0.436 e. The Hall–Kier alpha value is -3.11. The number of aromatic nitrogens is 1. The van der Waals surface area contributed by atoms with Gasteiger partial charge in [0, 0.05) is 5.56 Å². The molecule has 0 spiro atoms. The summed E-state index contributed by atoms with van der Waals surface area (Å²) in [7, 11) is 0. The Morgan fingerprint density at radius 1 is 1.10 bits per heavy atom. The molecule has 1 amide bonds. The van der Waals surface area contributed by atoms with Gasteiger partial charge in [0.2, 0.25) is 11.8 Å². The molecule has 5 heteroatoms. The van der Waals surface area contributed by atoms with Gasteiger partial charge in [-0.05, 0) is 53.8 Å². The highest BCUT2D eigenvalue weighted by molar-refractivity contribution is 6.33. The summed E-state index contributed by atoms with van der Waals surface area (Å²) in [5.41, 5.74) is 5.05. The topological polar surface area (TPSA) is 55.1 Å². The number of rotatable bonds is 6. The number of fused-ring (bicyclic) bond motifs is 1. The average molecular weight is 419 g/mol. The highest BCUT2D eigenvalue weighted by Crippen LogP contribution is 2.31. The van der Waals surface area contributed by atoms with Crippen LogP contribution in [0.2, 0.25) is 5.02 Å². The molecule has 1 N–H and O–H groups in total. The second kappa shape index (κ2) is 8.72. The largest absolute Gasteiger partial charge is 0.436 e. The van der Waals surface area contributed by atoms with Crippen LogP contribution in [0, 0.1) is 0 Å². The van der Waals surface area contributed by atoms with Gasteiger partial charge >= 0.3 is 0 Å². The van der Waals surface area contributed by atoms with Gasteiger partial charge in [0.15, 0.2) is 5.58 Å². The van der Waals surface area contributed by atoms with Crippen molar-refractivity contribution in [2.75, 3.05) is 5.32 Å². The highest BCUT2D eigenvalue weighted by Gasteiger charge is 2.14. The van der Waals surface area contributed by atoms with E-state index < -0.39 is 0 Å². The van der Waals surface area contributed by atoms with Crippen molar-refractivity contribution in [3.63, 3.8) is 0 Å². The van der Waals surface area contributed by atoms with Gasteiger partial charge in [-0.3, -0.25) is 4.79 Å². The molecule has 4 rings (SSSR count). The van der Waals surface area contributed by atoms with Crippen molar-refractivity contribution in [1.82, 2.24) is 4.98 Å². The molecule has 0 aliphatic rings. The Bertz CT molecular complexity index is 1180. The first kappa shape index (κ1) is 20.2. The Morgan fingerprint density at radius 3 is 2.67 bits per heavy atom. The SMILES string of the molecule is CC[C@H](C)c1ccc2oc(-c3ccc(Cl)c(NC(=O)Cc4ccccc4)c3)nc2c1. The summed E-state index contributed by atoms with van der Waals surface area (Å²) < 4.78 is 5.95. The second-order valence-electron chi connectivity index (χ2n) is 7.46. The first-order valence-electron chi connectivity index (χ1n) is 10.1. The van der Waals surface area contributed by atoms with Crippen LogP contribution in [0.4, 0.5) is 5.69 Å². The smallest absolute Gasteiger partial charge is 0.228 e. The summed E-state index contributed by atoms with van der Waals surface area (Å²) in [5, 5.41) is 3.36. The van der Waals surface area contributed by atoms with Crippen molar-refractivity contribution in [1.29, 1.82) is 0 Å². The predicted molar refractivity (Wildman–Crippen MR) is 122 cm³/mol. The van der Waals surface area contributed by atoms with Crippen LogP contribution in [0.15, 0.2) is 71.1 Å². The minimum absolute atomic E-state index is 0.129. The predicted octanol–water partition coefficient (Wildman–Crippen LogP) is 6.84. The van der Waals surface area contributed by atoms with E-state index in [-0.39, 0.29) is 12.3 Å². The van der Waals surface area contributed by atoms with Crippen LogP contribution in [0.1, 0.15) is 37.3 Å². The Labute approximate surface area is 180 Å². The summed E-state index contributed by atoms with van der Waals surface area (Å²) in [5.74, 6) is 0.842. The van der Waals surface area contributed by atoms with Gasteiger partial charge in [0.25, 0.3) is 0 Å². The Balaban J connectivity index is 1.58. The fourth-order valence-corrected chi connectivity index (χ4v) is 3.50. The van der Waals surface area contributed by atoms with Crippen molar-refractivity contribution in [3.05, 3.63) is 82.9 Å². The first-order chi connectivity index (χ1) is 14.5. The number of amides is 1. The highest BCUT2D eigenvalue weighted by atomic mass is 35.5. The molecule has 0 fully saturated rings. The van der Waals surface area contributed by atoms with E-state index in [1.165, 1.54) is 5.56 Å². The number of benzene rings is 3. The van der Waals surface area contributed by atoms with Crippen molar-refractivity contribution in [2.24, 2.45) is 0 Å². The third kappa shape index (κ3) is 4.39. The van der Waals surface area contributed by atoms with Crippen molar-refractivity contribution in [2.45, 2.75) is 32.6 Å². The van der Waals surface area contributed by atoms with Gasteiger partial charge < -0.3 is 9.73 Å². The fourth-order valence-electron chi connectivity index (χ4n) is 3.34. The van der Waals surface area contributed by atoms with E-state index >= 15 is 0 Å². The van der Waals surface area contributed by atoms with Gasteiger partial charge in [0.05, 0.1) is 17.1 Å². The number of hydrogen-bond donors (Lipinski definition) is 1. The molecule has 0 bridgehead atoms. The third-order valence-corrected chi connectivity index (χ3v) is 5.62. The molecule has 1 aromatic heterocycles. The van der Waals surface area contributed by atoms with E-state index in [1.807, 2.05) is 42.5 Å². The Morgan fingerprint density at radius 2 is 1.90 bits per heavy atom. The molecule has 1 heterocycles. The molecule has 0 aliphatic heterocycles. The standard InChI is InChI=1S/C25H23ClN2O2/c1-3-16(2)18-10-12-23-22(14-18)28-25(30-23)19-9-11-20(26)21(15-19)27-24(29)13-17-7-5-4-6-8-17/h4-12,14-16H,3,13H2,1-2H3,(H,27,29)/t16-/m0/s1.